The van der Waals surface area contributed by atoms with Crippen LogP contribution in [-0.4, -0.2) is 23.3 Å². The first kappa shape index (κ1) is 14.2. The van der Waals surface area contributed by atoms with E-state index in [1.54, 1.807) is 0 Å². The zero-order valence-corrected chi connectivity index (χ0v) is 12.6. The number of nitrogens with one attached hydrogen (secondary N) is 1. The van der Waals surface area contributed by atoms with E-state index < -0.39 is 0 Å². The van der Waals surface area contributed by atoms with Gasteiger partial charge in [-0.05, 0) is 43.5 Å². The van der Waals surface area contributed by atoms with Crippen molar-refractivity contribution < 1.29 is 9.26 Å². The number of rotatable bonds is 5. The zero-order chi connectivity index (χ0) is 14.7. The summed E-state index contributed by atoms with van der Waals surface area (Å²) in [4.78, 5) is 4.56. The lowest BCUT2D eigenvalue weighted by Gasteiger charge is -2.18. The number of benzene rings is 1. The molecule has 1 atom stereocenters. The highest BCUT2D eigenvalue weighted by Crippen LogP contribution is 2.29. The van der Waals surface area contributed by atoms with Crippen LogP contribution >= 0.6 is 0 Å². The second-order valence-corrected chi connectivity index (χ2v) is 5.18. The summed E-state index contributed by atoms with van der Waals surface area (Å²) in [5, 5.41) is 7.49. The number of hydrogen-bond donors (Lipinski definition) is 1. The molecule has 2 heterocycles. The topological polar surface area (TPSA) is 60.2 Å². The molecule has 112 valence electrons. The van der Waals surface area contributed by atoms with Gasteiger partial charge in [-0.15, -0.1) is 0 Å². The van der Waals surface area contributed by atoms with Gasteiger partial charge in [0, 0.05) is 18.7 Å². The first-order valence-electron chi connectivity index (χ1n) is 7.60. The smallest absolute Gasteiger partial charge is 0.258 e. The molecule has 0 saturated heterocycles. The fourth-order valence-electron chi connectivity index (χ4n) is 2.78. The molecule has 0 bridgehead atoms. The normalized spacial score (nSPS) is 15.7. The van der Waals surface area contributed by atoms with Gasteiger partial charge in [0.1, 0.15) is 6.10 Å². The maximum atomic E-state index is 5.64. The van der Waals surface area contributed by atoms with Gasteiger partial charge in [-0.2, -0.15) is 4.98 Å². The summed E-state index contributed by atoms with van der Waals surface area (Å²) < 4.78 is 11.1. The van der Waals surface area contributed by atoms with Crippen molar-refractivity contribution in [1.29, 1.82) is 0 Å². The summed E-state index contributed by atoms with van der Waals surface area (Å²) >= 11 is 0. The third-order valence-electron chi connectivity index (χ3n) is 3.84. The van der Waals surface area contributed by atoms with Gasteiger partial charge in [0.15, 0.2) is 0 Å². The van der Waals surface area contributed by atoms with Crippen LogP contribution < -0.4 is 5.32 Å². The Hall–Kier alpha value is -1.72. The fourth-order valence-corrected chi connectivity index (χ4v) is 2.78. The third-order valence-corrected chi connectivity index (χ3v) is 3.84. The van der Waals surface area contributed by atoms with E-state index >= 15 is 0 Å². The predicted octanol–water partition coefficient (Wildman–Crippen LogP) is 2.87. The number of aromatic nitrogens is 2. The van der Waals surface area contributed by atoms with Crippen LogP contribution in [0.25, 0.3) is 11.5 Å². The third kappa shape index (κ3) is 2.84. The van der Waals surface area contributed by atoms with Crippen molar-refractivity contribution in [1.82, 2.24) is 15.5 Å². The average Bonchev–Trinajstić information content (AvgIpc) is 3.01. The van der Waals surface area contributed by atoms with E-state index in [2.05, 4.69) is 34.5 Å². The van der Waals surface area contributed by atoms with Gasteiger partial charge < -0.3 is 14.6 Å². The standard InChI is InChI=1S/C16H21N3O2/c1-3-14(20-4-2)15-18-16(21-19-15)13-7-5-6-11-10-17-9-8-12(11)13/h5-7,14,17H,3-4,8-10H2,1-2H3. The second-order valence-electron chi connectivity index (χ2n) is 5.18. The first-order valence-corrected chi connectivity index (χ1v) is 7.60. The molecule has 1 aromatic heterocycles. The monoisotopic (exact) mass is 287 g/mol. The lowest BCUT2D eigenvalue weighted by Crippen LogP contribution is -2.24. The Labute approximate surface area is 124 Å². The van der Waals surface area contributed by atoms with Gasteiger partial charge in [0.05, 0.1) is 0 Å². The highest BCUT2D eigenvalue weighted by atomic mass is 16.5. The molecule has 0 saturated carbocycles. The summed E-state index contributed by atoms with van der Waals surface area (Å²) in [7, 11) is 0. The molecule has 1 aliphatic rings. The van der Waals surface area contributed by atoms with Crippen LogP contribution in [0.4, 0.5) is 0 Å². The summed E-state index contributed by atoms with van der Waals surface area (Å²) in [5.41, 5.74) is 3.69. The minimum atomic E-state index is -0.0892. The fraction of sp³-hybridized carbons (Fsp3) is 0.500. The van der Waals surface area contributed by atoms with E-state index in [1.165, 1.54) is 11.1 Å². The molecule has 0 fully saturated rings. The number of nitrogens with zero attached hydrogens (tertiary/aromatic N) is 2. The molecule has 5 nitrogen and oxygen atoms in total. The van der Waals surface area contributed by atoms with Crippen LogP contribution in [0.2, 0.25) is 0 Å². The molecular formula is C16H21N3O2. The van der Waals surface area contributed by atoms with Crippen LogP contribution in [0.15, 0.2) is 22.7 Å². The Bertz CT molecular complexity index is 609. The SMILES string of the molecule is CCOC(CC)c1noc(-c2cccc3c2CCNC3)n1. The van der Waals surface area contributed by atoms with Gasteiger partial charge in [-0.1, -0.05) is 24.2 Å². The van der Waals surface area contributed by atoms with Crippen LogP contribution in [0.3, 0.4) is 0 Å². The summed E-state index contributed by atoms with van der Waals surface area (Å²) in [6.07, 6.45) is 1.74. The highest BCUT2D eigenvalue weighted by Gasteiger charge is 2.21. The largest absolute Gasteiger partial charge is 0.370 e. The van der Waals surface area contributed by atoms with Crippen LogP contribution in [-0.2, 0) is 17.7 Å². The molecule has 0 spiro atoms. The molecule has 2 aromatic rings. The Morgan fingerprint density at radius 2 is 2.29 bits per heavy atom. The molecule has 0 aliphatic carbocycles. The van der Waals surface area contributed by atoms with Crippen molar-refractivity contribution in [3.63, 3.8) is 0 Å². The molecule has 3 rings (SSSR count). The van der Waals surface area contributed by atoms with Gasteiger partial charge in [-0.25, -0.2) is 0 Å². The first-order chi connectivity index (χ1) is 10.3. The molecule has 1 N–H and O–H groups in total. The minimum Gasteiger partial charge on any atom is -0.370 e. The van der Waals surface area contributed by atoms with Crippen molar-refractivity contribution in [2.45, 2.75) is 39.3 Å². The summed E-state index contributed by atoms with van der Waals surface area (Å²) in [6, 6.07) is 6.26. The Kier molecular flexibility index (Phi) is 4.31. The second kappa shape index (κ2) is 6.37. The maximum Gasteiger partial charge on any atom is 0.258 e. The van der Waals surface area contributed by atoms with Crippen molar-refractivity contribution in [3.05, 3.63) is 35.2 Å². The van der Waals surface area contributed by atoms with Gasteiger partial charge in [0.25, 0.3) is 5.89 Å². The molecule has 1 aliphatic heterocycles. The summed E-state index contributed by atoms with van der Waals surface area (Å²) in [6.45, 7) is 6.58. The van der Waals surface area contributed by atoms with Gasteiger partial charge >= 0.3 is 0 Å². The van der Waals surface area contributed by atoms with E-state index in [4.69, 9.17) is 9.26 Å². The minimum absolute atomic E-state index is 0.0892. The molecule has 0 radical (unpaired) electrons. The van der Waals surface area contributed by atoms with E-state index in [-0.39, 0.29) is 6.10 Å². The Balaban J connectivity index is 1.93. The van der Waals surface area contributed by atoms with E-state index in [0.29, 0.717) is 18.3 Å². The van der Waals surface area contributed by atoms with Crippen LogP contribution in [0, 0.1) is 0 Å². The lowest BCUT2D eigenvalue weighted by molar-refractivity contribution is 0.0518. The van der Waals surface area contributed by atoms with Crippen molar-refractivity contribution in [2.24, 2.45) is 0 Å². The number of hydrogen-bond acceptors (Lipinski definition) is 5. The Morgan fingerprint density at radius 1 is 1.38 bits per heavy atom. The average molecular weight is 287 g/mol. The molecule has 1 unspecified atom stereocenters. The number of fused-ring (bicyclic) bond motifs is 1. The predicted molar refractivity (Wildman–Crippen MR) is 79.8 cm³/mol. The molecular weight excluding hydrogens is 266 g/mol. The van der Waals surface area contributed by atoms with Crippen molar-refractivity contribution in [2.75, 3.05) is 13.2 Å². The molecule has 5 heteroatoms. The van der Waals surface area contributed by atoms with Crippen molar-refractivity contribution >= 4 is 0 Å². The highest BCUT2D eigenvalue weighted by molar-refractivity contribution is 5.61. The van der Waals surface area contributed by atoms with E-state index in [1.807, 2.05) is 13.0 Å². The van der Waals surface area contributed by atoms with Crippen molar-refractivity contribution in [3.8, 4) is 11.5 Å². The molecule has 0 amide bonds. The number of ether oxygens (including phenoxy) is 1. The molecule has 1 aromatic carbocycles. The van der Waals surface area contributed by atoms with E-state index in [0.717, 1.165) is 31.5 Å². The van der Waals surface area contributed by atoms with Crippen LogP contribution in [0.1, 0.15) is 43.3 Å². The Morgan fingerprint density at radius 3 is 3.10 bits per heavy atom. The lowest BCUT2D eigenvalue weighted by atomic mass is 9.95. The zero-order valence-electron chi connectivity index (χ0n) is 12.6. The van der Waals surface area contributed by atoms with E-state index in [9.17, 15) is 0 Å². The molecule has 21 heavy (non-hydrogen) atoms. The maximum absolute atomic E-state index is 5.64. The van der Waals surface area contributed by atoms with Gasteiger partial charge in [-0.3, -0.25) is 0 Å². The summed E-state index contributed by atoms with van der Waals surface area (Å²) in [5.74, 6) is 1.24. The quantitative estimate of drug-likeness (QED) is 0.916. The van der Waals surface area contributed by atoms with Gasteiger partial charge in [0.2, 0.25) is 5.82 Å². The van der Waals surface area contributed by atoms with Crippen LogP contribution in [0.5, 0.6) is 0 Å².